The fourth-order valence-corrected chi connectivity index (χ4v) is 5.36. The number of thiazole rings is 1. The van der Waals surface area contributed by atoms with Crippen LogP contribution in [0.3, 0.4) is 0 Å². The highest BCUT2D eigenvalue weighted by Gasteiger charge is 2.32. The van der Waals surface area contributed by atoms with Crippen molar-refractivity contribution in [1.29, 1.82) is 0 Å². The van der Waals surface area contributed by atoms with Gasteiger partial charge in [0.1, 0.15) is 0 Å². The van der Waals surface area contributed by atoms with Gasteiger partial charge in [-0.1, -0.05) is 24.3 Å². The summed E-state index contributed by atoms with van der Waals surface area (Å²) in [5, 5.41) is 6.63. The summed E-state index contributed by atoms with van der Waals surface area (Å²) in [6.45, 7) is 0.507. The van der Waals surface area contributed by atoms with Crippen LogP contribution in [-0.2, 0) is 12.6 Å². The van der Waals surface area contributed by atoms with Crippen LogP contribution in [0.15, 0.2) is 42.7 Å². The van der Waals surface area contributed by atoms with Crippen LogP contribution in [0.25, 0.3) is 12.2 Å². The smallest absolute Gasteiger partial charge is 0.360 e. The monoisotopic (exact) mass is 470 g/mol. The number of anilines is 1. The Kier molecular flexibility index (Phi) is 5.97. The third-order valence-electron chi connectivity index (χ3n) is 6.14. The van der Waals surface area contributed by atoms with Gasteiger partial charge in [0.2, 0.25) is 0 Å². The maximum absolute atomic E-state index is 12.7. The van der Waals surface area contributed by atoms with Crippen molar-refractivity contribution in [3.8, 4) is 0 Å². The standard InChI is InChI=1S/C25H25F3N4S/c26-25(27,28)20-7-1-15(2-8-20)11-21(29)14-31-24-32-22(16-3-4-16)23(33-24)18-5-6-19-13-30-10-9-17(19)12-18/h1-2,6-10,12-13,16,18,21H,3-5,11,14,29H2,(H,31,32)/t18?,21-/m0/s1. The largest absolute Gasteiger partial charge is 0.416 e. The van der Waals surface area contributed by atoms with Gasteiger partial charge in [-0.3, -0.25) is 4.98 Å². The fraction of sp³-hybridized carbons (Fsp3) is 0.360. The number of fused-ring (bicyclic) bond motifs is 1. The third-order valence-corrected chi connectivity index (χ3v) is 7.30. The number of hydrogen-bond acceptors (Lipinski definition) is 5. The lowest BCUT2D eigenvalue weighted by atomic mass is 9.95. The van der Waals surface area contributed by atoms with Gasteiger partial charge in [0.15, 0.2) is 5.13 Å². The Morgan fingerprint density at radius 1 is 1.12 bits per heavy atom. The summed E-state index contributed by atoms with van der Waals surface area (Å²) >= 11 is 1.69. The Hall–Kier alpha value is -2.71. The number of nitrogens with zero attached hydrogens (tertiary/aromatic N) is 2. The van der Waals surface area contributed by atoms with Crippen LogP contribution >= 0.6 is 11.3 Å². The molecule has 4 nitrogen and oxygen atoms in total. The topological polar surface area (TPSA) is 63.8 Å². The molecule has 1 fully saturated rings. The second kappa shape index (κ2) is 8.91. The molecule has 0 amide bonds. The minimum Gasteiger partial charge on any atom is -0.360 e. The van der Waals surface area contributed by atoms with Crippen molar-refractivity contribution >= 4 is 28.6 Å². The van der Waals surface area contributed by atoms with Crippen molar-refractivity contribution < 1.29 is 13.2 Å². The molecule has 5 rings (SSSR count). The lowest BCUT2D eigenvalue weighted by Gasteiger charge is -2.14. The second-order valence-corrected chi connectivity index (χ2v) is 9.83. The molecule has 2 atom stereocenters. The number of aromatic nitrogens is 2. The zero-order valence-electron chi connectivity index (χ0n) is 18.0. The summed E-state index contributed by atoms with van der Waals surface area (Å²) in [5.41, 5.74) is 7.61. The highest BCUT2D eigenvalue weighted by molar-refractivity contribution is 7.15. The summed E-state index contributed by atoms with van der Waals surface area (Å²) in [5.74, 6) is 0.851. The number of nitrogens with one attached hydrogen (secondary N) is 1. The van der Waals surface area contributed by atoms with Crippen molar-refractivity contribution in [1.82, 2.24) is 9.97 Å². The SMILES string of the molecule is N[C@H](CNc1nc(C2CC2)c(C2C=c3ccncc3=CC2)s1)Cc1ccc(C(F)(F)F)cc1. The normalized spacial score (nSPS) is 18.7. The lowest BCUT2D eigenvalue weighted by molar-refractivity contribution is -0.137. The summed E-state index contributed by atoms with van der Waals surface area (Å²) in [6, 6.07) is 7.03. The molecule has 0 spiro atoms. The molecule has 172 valence electrons. The molecule has 2 aliphatic carbocycles. The Morgan fingerprint density at radius 2 is 1.91 bits per heavy atom. The number of hydrogen-bond donors (Lipinski definition) is 2. The van der Waals surface area contributed by atoms with E-state index >= 15 is 0 Å². The summed E-state index contributed by atoms with van der Waals surface area (Å²) in [4.78, 5) is 10.4. The molecule has 2 aliphatic rings. The minimum atomic E-state index is -4.32. The van der Waals surface area contributed by atoms with Crippen molar-refractivity contribution in [3.63, 3.8) is 0 Å². The number of halogens is 3. The molecule has 0 bridgehead atoms. The quantitative estimate of drug-likeness (QED) is 0.544. The van der Waals surface area contributed by atoms with Crippen molar-refractivity contribution in [2.24, 2.45) is 5.73 Å². The van der Waals surface area contributed by atoms with E-state index < -0.39 is 11.7 Å². The summed E-state index contributed by atoms with van der Waals surface area (Å²) in [7, 11) is 0. The maximum Gasteiger partial charge on any atom is 0.416 e. The van der Waals surface area contributed by atoms with E-state index in [1.54, 1.807) is 11.3 Å². The molecule has 2 aromatic heterocycles. The maximum atomic E-state index is 12.7. The molecule has 33 heavy (non-hydrogen) atoms. The van der Waals surface area contributed by atoms with E-state index in [1.165, 1.54) is 46.0 Å². The van der Waals surface area contributed by atoms with Gasteiger partial charge in [0.05, 0.1) is 11.3 Å². The zero-order valence-corrected chi connectivity index (χ0v) is 18.8. The van der Waals surface area contributed by atoms with Gasteiger partial charge in [-0.25, -0.2) is 4.98 Å². The van der Waals surface area contributed by atoms with Crippen LogP contribution in [0.4, 0.5) is 18.3 Å². The van der Waals surface area contributed by atoms with E-state index in [-0.39, 0.29) is 6.04 Å². The fourth-order valence-electron chi connectivity index (χ4n) is 4.22. The van der Waals surface area contributed by atoms with E-state index in [1.807, 2.05) is 12.4 Å². The Morgan fingerprint density at radius 3 is 2.64 bits per heavy atom. The first-order valence-electron chi connectivity index (χ1n) is 11.1. The van der Waals surface area contributed by atoms with Crippen LogP contribution < -0.4 is 21.5 Å². The zero-order chi connectivity index (χ0) is 23.0. The van der Waals surface area contributed by atoms with E-state index in [4.69, 9.17) is 10.7 Å². The van der Waals surface area contributed by atoms with Gasteiger partial charge in [-0.2, -0.15) is 13.2 Å². The molecule has 2 heterocycles. The Labute approximate surface area is 194 Å². The van der Waals surface area contributed by atoms with E-state index in [2.05, 4.69) is 28.5 Å². The number of alkyl halides is 3. The first kappa shape index (κ1) is 22.1. The van der Waals surface area contributed by atoms with E-state index in [0.29, 0.717) is 24.8 Å². The first-order chi connectivity index (χ1) is 15.9. The number of rotatable bonds is 7. The van der Waals surface area contributed by atoms with Gasteiger partial charge < -0.3 is 11.1 Å². The lowest BCUT2D eigenvalue weighted by Crippen LogP contribution is -2.31. The summed E-state index contributed by atoms with van der Waals surface area (Å²) in [6.07, 6.45) is 7.76. The molecule has 1 aromatic carbocycles. The molecule has 1 unspecified atom stereocenters. The van der Waals surface area contributed by atoms with Gasteiger partial charge in [-0.05, 0) is 59.9 Å². The van der Waals surface area contributed by atoms with Crippen LogP contribution in [0.5, 0.6) is 0 Å². The predicted octanol–water partition coefficient (Wildman–Crippen LogP) is 4.16. The van der Waals surface area contributed by atoms with Crippen LogP contribution in [0, 0.1) is 0 Å². The average Bonchev–Trinajstić information content (AvgIpc) is 3.56. The first-order valence-corrected chi connectivity index (χ1v) is 12.0. The number of benzene rings is 1. The van der Waals surface area contributed by atoms with Crippen LogP contribution in [0.1, 0.15) is 52.8 Å². The molecule has 0 radical (unpaired) electrons. The second-order valence-electron chi connectivity index (χ2n) is 8.80. The molecular weight excluding hydrogens is 445 g/mol. The van der Waals surface area contributed by atoms with Crippen molar-refractivity contribution in [2.75, 3.05) is 11.9 Å². The van der Waals surface area contributed by atoms with E-state index in [0.717, 1.165) is 29.2 Å². The predicted molar refractivity (Wildman–Crippen MR) is 125 cm³/mol. The van der Waals surface area contributed by atoms with Gasteiger partial charge >= 0.3 is 6.18 Å². The molecule has 3 aromatic rings. The van der Waals surface area contributed by atoms with Gasteiger partial charge in [-0.15, -0.1) is 11.3 Å². The third kappa shape index (κ3) is 5.12. The highest BCUT2D eigenvalue weighted by atomic mass is 32.1. The van der Waals surface area contributed by atoms with Gasteiger partial charge in [0.25, 0.3) is 0 Å². The highest BCUT2D eigenvalue weighted by Crippen LogP contribution is 2.47. The van der Waals surface area contributed by atoms with Crippen molar-refractivity contribution in [3.05, 3.63) is 74.9 Å². The van der Waals surface area contributed by atoms with Crippen LogP contribution in [0.2, 0.25) is 0 Å². The average molecular weight is 471 g/mol. The number of pyridine rings is 1. The molecule has 0 saturated heterocycles. The summed E-state index contributed by atoms with van der Waals surface area (Å²) < 4.78 is 38.2. The van der Waals surface area contributed by atoms with Crippen LogP contribution in [-0.4, -0.2) is 22.6 Å². The number of nitrogens with two attached hydrogens (primary N) is 1. The molecule has 0 aliphatic heterocycles. The molecule has 8 heteroatoms. The van der Waals surface area contributed by atoms with E-state index in [9.17, 15) is 13.2 Å². The van der Waals surface area contributed by atoms with Crippen molar-refractivity contribution in [2.45, 2.75) is 49.7 Å². The molecule has 3 N–H and O–H groups in total. The van der Waals surface area contributed by atoms with Gasteiger partial charge in [0, 0.05) is 41.7 Å². The molecule has 1 saturated carbocycles. The Balaban J connectivity index is 1.26. The Bertz CT molecular complexity index is 1250. The minimum absolute atomic E-state index is 0.229. The molecular formula is C25H25F3N4S.